The summed E-state index contributed by atoms with van der Waals surface area (Å²) in [4.78, 5) is 13.2. The van der Waals surface area contributed by atoms with Crippen LogP contribution in [0.2, 0.25) is 5.02 Å². The molecule has 98 valence electrons. The maximum Gasteiger partial charge on any atom is 0.246 e. The van der Waals surface area contributed by atoms with E-state index in [1.54, 1.807) is 39.1 Å². The predicted molar refractivity (Wildman–Crippen MR) is 74.4 cm³/mol. The lowest BCUT2D eigenvalue weighted by Crippen LogP contribution is -2.38. The Morgan fingerprint density at radius 2 is 1.94 bits per heavy atom. The smallest absolute Gasteiger partial charge is 0.246 e. The Kier molecular flexibility index (Phi) is 4.93. The van der Waals surface area contributed by atoms with E-state index in [9.17, 15) is 9.90 Å². The molecule has 0 radical (unpaired) electrons. The Morgan fingerprint density at radius 1 is 1.39 bits per heavy atom. The molecule has 0 aliphatic carbocycles. The van der Waals surface area contributed by atoms with Crippen LogP contribution in [0.3, 0.4) is 0 Å². The number of amides is 1. The van der Waals surface area contributed by atoms with E-state index in [-0.39, 0.29) is 12.5 Å². The van der Waals surface area contributed by atoms with Crippen molar-refractivity contribution >= 4 is 23.6 Å². The zero-order valence-electron chi connectivity index (χ0n) is 10.9. The third kappa shape index (κ3) is 5.34. The summed E-state index contributed by atoms with van der Waals surface area (Å²) in [5, 5.41) is 10.3. The monoisotopic (exact) mass is 267 g/mol. The first-order valence-electron chi connectivity index (χ1n) is 5.69. The van der Waals surface area contributed by atoms with Gasteiger partial charge in [-0.25, -0.2) is 0 Å². The van der Waals surface area contributed by atoms with Crippen molar-refractivity contribution in [1.82, 2.24) is 4.90 Å². The molecule has 1 amide bonds. The maximum atomic E-state index is 11.8. The molecule has 0 aromatic heterocycles. The molecule has 1 rings (SSSR count). The van der Waals surface area contributed by atoms with Crippen LogP contribution in [0.4, 0.5) is 0 Å². The molecule has 1 aromatic carbocycles. The second kappa shape index (κ2) is 6.03. The summed E-state index contributed by atoms with van der Waals surface area (Å²) >= 11 is 5.77. The normalized spacial score (nSPS) is 11.8. The summed E-state index contributed by atoms with van der Waals surface area (Å²) < 4.78 is 0. The Labute approximate surface area is 113 Å². The molecule has 4 heteroatoms. The van der Waals surface area contributed by atoms with Gasteiger partial charge in [-0.15, -0.1) is 0 Å². The number of aliphatic hydroxyl groups is 1. The largest absolute Gasteiger partial charge is 0.389 e. The molecule has 1 N–H and O–H groups in total. The average Bonchev–Trinajstić information content (AvgIpc) is 2.25. The van der Waals surface area contributed by atoms with Gasteiger partial charge in [0.25, 0.3) is 0 Å². The first-order chi connectivity index (χ1) is 8.28. The maximum absolute atomic E-state index is 11.8. The number of hydrogen-bond donors (Lipinski definition) is 1. The van der Waals surface area contributed by atoms with Crippen molar-refractivity contribution in [2.45, 2.75) is 19.4 Å². The van der Waals surface area contributed by atoms with Crippen LogP contribution in [-0.2, 0) is 4.79 Å². The highest BCUT2D eigenvalue weighted by Crippen LogP contribution is 2.11. The number of carbonyl (C=O) groups is 1. The molecule has 0 saturated heterocycles. The third-order valence-corrected chi connectivity index (χ3v) is 2.54. The summed E-state index contributed by atoms with van der Waals surface area (Å²) in [6.07, 6.45) is 3.20. The summed E-state index contributed by atoms with van der Waals surface area (Å²) in [7, 11) is 1.66. The zero-order valence-corrected chi connectivity index (χ0v) is 11.6. The lowest BCUT2D eigenvalue weighted by molar-refractivity contribution is -0.127. The van der Waals surface area contributed by atoms with Crippen LogP contribution < -0.4 is 0 Å². The fourth-order valence-electron chi connectivity index (χ4n) is 1.53. The lowest BCUT2D eigenvalue weighted by atomic mass is 10.1. The fraction of sp³-hybridized carbons (Fsp3) is 0.357. The summed E-state index contributed by atoms with van der Waals surface area (Å²) in [5.41, 5.74) is 0.0165. The lowest BCUT2D eigenvalue weighted by Gasteiger charge is -2.24. The minimum Gasteiger partial charge on any atom is -0.389 e. The molecular formula is C14H18ClNO2. The van der Waals surface area contributed by atoms with Crippen LogP contribution in [0.5, 0.6) is 0 Å². The number of halogens is 1. The molecular weight excluding hydrogens is 250 g/mol. The Balaban J connectivity index is 2.61. The van der Waals surface area contributed by atoms with Gasteiger partial charge in [0.1, 0.15) is 0 Å². The molecule has 0 bridgehead atoms. The predicted octanol–water partition coefficient (Wildman–Crippen LogP) is 2.58. The molecule has 1 aromatic rings. The van der Waals surface area contributed by atoms with Gasteiger partial charge in [-0.2, -0.15) is 0 Å². The van der Waals surface area contributed by atoms with Crippen LogP contribution in [0.25, 0.3) is 6.08 Å². The van der Waals surface area contributed by atoms with Gasteiger partial charge < -0.3 is 10.0 Å². The van der Waals surface area contributed by atoms with E-state index in [1.165, 1.54) is 11.0 Å². The first-order valence-corrected chi connectivity index (χ1v) is 6.07. The number of benzene rings is 1. The third-order valence-electron chi connectivity index (χ3n) is 2.29. The molecule has 0 fully saturated rings. The van der Waals surface area contributed by atoms with Gasteiger partial charge in [-0.1, -0.05) is 23.7 Å². The van der Waals surface area contributed by atoms with Crippen molar-refractivity contribution in [2.24, 2.45) is 0 Å². The number of hydrogen-bond acceptors (Lipinski definition) is 2. The van der Waals surface area contributed by atoms with E-state index < -0.39 is 5.60 Å². The number of nitrogens with zero attached hydrogens (tertiary/aromatic N) is 1. The van der Waals surface area contributed by atoms with Crippen LogP contribution in [0, 0.1) is 0 Å². The minimum atomic E-state index is -0.890. The summed E-state index contributed by atoms with van der Waals surface area (Å²) in [6, 6.07) is 7.21. The van der Waals surface area contributed by atoms with E-state index in [0.717, 1.165) is 5.56 Å². The molecule has 18 heavy (non-hydrogen) atoms. The molecule has 0 saturated carbocycles. The van der Waals surface area contributed by atoms with Crippen molar-refractivity contribution in [1.29, 1.82) is 0 Å². The summed E-state index contributed by atoms with van der Waals surface area (Å²) in [6.45, 7) is 3.62. The van der Waals surface area contributed by atoms with E-state index in [0.29, 0.717) is 5.02 Å². The second-order valence-electron chi connectivity index (χ2n) is 4.89. The highest BCUT2D eigenvalue weighted by Gasteiger charge is 2.17. The van der Waals surface area contributed by atoms with E-state index >= 15 is 0 Å². The van der Waals surface area contributed by atoms with E-state index in [4.69, 9.17) is 11.6 Å². The van der Waals surface area contributed by atoms with Crippen molar-refractivity contribution in [3.05, 3.63) is 40.9 Å². The molecule has 3 nitrogen and oxygen atoms in total. The van der Waals surface area contributed by atoms with Crippen LogP contribution in [0.1, 0.15) is 19.4 Å². The van der Waals surface area contributed by atoms with Crippen molar-refractivity contribution in [2.75, 3.05) is 13.6 Å². The topological polar surface area (TPSA) is 40.5 Å². The highest BCUT2D eigenvalue weighted by atomic mass is 35.5. The Bertz CT molecular complexity index is 432. The number of likely N-dealkylation sites (N-methyl/N-ethyl adjacent to an activating group) is 1. The van der Waals surface area contributed by atoms with Gasteiger partial charge in [0.15, 0.2) is 0 Å². The molecule has 0 atom stereocenters. The van der Waals surface area contributed by atoms with Crippen LogP contribution in [0.15, 0.2) is 30.3 Å². The minimum absolute atomic E-state index is 0.146. The van der Waals surface area contributed by atoms with E-state index in [1.807, 2.05) is 12.1 Å². The van der Waals surface area contributed by atoms with Crippen molar-refractivity contribution in [3.8, 4) is 0 Å². The quantitative estimate of drug-likeness (QED) is 0.852. The van der Waals surface area contributed by atoms with Crippen molar-refractivity contribution in [3.63, 3.8) is 0 Å². The van der Waals surface area contributed by atoms with Gasteiger partial charge in [0.2, 0.25) is 5.91 Å². The Hall–Kier alpha value is -1.32. The van der Waals surface area contributed by atoms with Gasteiger partial charge in [0, 0.05) is 24.7 Å². The van der Waals surface area contributed by atoms with Crippen molar-refractivity contribution < 1.29 is 9.90 Å². The molecule has 0 unspecified atom stereocenters. The van der Waals surface area contributed by atoms with Gasteiger partial charge in [-0.05, 0) is 37.6 Å². The average molecular weight is 268 g/mol. The Morgan fingerprint density at radius 3 is 2.44 bits per heavy atom. The molecule has 0 aliphatic heterocycles. The van der Waals surface area contributed by atoms with Crippen LogP contribution in [-0.4, -0.2) is 35.1 Å². The van der Waals surface area contributed by atoms with E-state index in [2.05, 4.69) is 0 Å². The summed E-state index contributed by atoms with van der Waals surface area (Å²) in [5.74, 6) is -0.146. The second-order valence-corrected chi connectivity index (χ2v) is 5.33. The SMILES string of the molecule is CN(CC(C)(C)O)C(=O)C=Cc1ccc(Cl)cc1. The van der Waals surface area contributed by atoms with Gasteiger partial charge in [0.05, 0.1) is 5.60 Å². The number of rotatable bonds is 4. The van der Waals surface area contributed by atoms with Gasteiger partial charge >= 0.3 is 0 Å². The molecule has 0 heterocycles. The molecule has 0 aliphatic rings. The highest BCUT2D eigenvalue weighted by molar-refractivity contribution is 6.30. The van der Waals surface area contributed by atoms with Crippen LogP contribution >= 0.6 is 11.6 Å². The fourth-order valence-corrected chi connectivity index (χ4v) is 1.65. The zero-order chi connectivity index (χ0) is 13.8. The molecule has 0 spiro atoms. The standard InChI is InChI=1S/C14H18ClNO2/c1-14(2,18)10-16(3)13(17)9-6-11-4-7-12(15)8-5-11/h4-9,18H,10H2,1-3H3. The first kappa shape index (κ1) is 14.7. The number of carbonyl (C=O) groups excluding carboxylic acids is 1. The van der Waals surface area contributed by atoms with Gasteiger partial charge in [-0.3, -0.25) is 4.79 Å².